The number of allylic oxidation sites excluding steroid dienone is 1. The summed E-state index contributed by atoms with van der Waals surface area (Å²) >= 11 is 0. The molecule has 0 aromatic heterocycles. The van der Waals surface area contributed by atoms with Crippen molar-refractivity contribution in [2.24, 2.45) is 0 Å². The Hall–Kier alpha value is -1.94. The monoisotopic (exact) mass is 246 g/mol. The summed E-state index contributed by atoms with van der Waals surface area (Å²) in [4.78, 5) is 23.4. The number of benzene rings is 1. The maximum absolute atomic E-state index is 12.0. The predicted octanol–water partition coefficient (Wildman–Crippen LogP) is 1.58. The molecule has 1 atom stereocenters. The maximum Gasteiger partial charge on any atom is 0.309 e. The molecule has 0 spiro atoms. The van der Waals surface area contributed by atoms with Crippen LogP contribution in [0.5, 0.6) is 0 Å². The molecule has 0 heterocycles. The zero-order valence-electron chi connectivity index (χ0n) is 10.3. The average Bonchev–Trinajstić information content (AvgIpc) is 2.36. The highest BCUT2D eigenvalue weighted by molar-refractivity contribution is 6.11. The molecule has 4 heteroatoms. The molecular weight excluding hydrogens is 232 g/mol. The first-order valence-corrected chi connectivity index (χ1v) is 5.61. The molecule has 0 saturated heterocycles. The van der Waals surface area contributed by atoms with E-state index in [4.69, 9.17) is 0 Å². The number of ketones is 1. The fourth-order valence-corrected chi connectivity index (χ4v) is 2.21. The number of ether oxygens (including phenoxy) is 1. The number of carbonyl (C=O) groups is 2. The SMILES string of the molecule is COC(=O)C[C@@]1(O)C=C(C)C(=O)c2ccccc21. The topological polar surface area (TPSA) is 63.6 Å². The molecule has 0 unspecified atom stereocenters. The number of hydrogen-bond donors (Lipinski definition) is 1. The highest BCUT2D eigenvalue weighted by Crippen LogP contribution is 2.36. The molecule has 2 rings (SSSR count). The summed E-state index contributed by atoms with van der Waals surface area (Å²) in [5.74, 6) is -0.647. The van der Waals surface area contributed by atoms with E-state index in [1.54, 1.807) is 31.2 Å². The normalized spacial score (nSPS) is 22.2. The highest BCUT2D eigenvalue weighted by Gasteiger charge is 2.37. The minimum Gasteiger partial charge on any atom is -0.469 e. The summed E-state index contributed by atoms with van der Waals surface area (Å²) in [7, 11) is 1.27. The second-order valence-electron chi connectivity index (χ2n) is 4.38. The number of rotatable bonds is 2. The summed E-state index contributed by atoms with van der Waals surface area (Å²) in [6.07, 6.45) is 1.22. The summed E-state index contributed by atoms with van der Waals surface area (Å²) in [6, 6.07) is 6.76. The molecule has 1 aromatic rings. The zero-order chi connectivity index (χ0) is 13.3. The van der Waals surface area contributed by atoms with Crippen molar-refractivity contribution >= 4 is 11.8 Å². The lowest BCUT2D eigenvalue weighted by molar-refractivity contribution is -0.145. The van der Waals surface area contributed by atoms with Gasteiger partial charge in [0.2, 0.25) is 0 Å². The summed E-state index contributed by atoms with van der Waals surface area (Å²) in [6.45, 7) is 1.63. The Labute approximate surface area is 105 Å². The molecule has 1 aliphatic carbocycles. The van der Waals surface area contributed by atoms with Gasteiger partial charge in [0.1, 0.15) is 5.60 Å². The lowest BCUT2D eigenvalue weighted by Crippen LogP contribution is -2.33. The first kappa shape index (κ1) is 12.5. The Kier molecular flexibility index (Phi) is 3.05. The Morgan fingerprint density at radius 3 is 2.72 bits per heavy atom. The number of aliphatic hydroxyl groups is 1. The predicted molar refractivity (Wildman–Crippen MR) is 65.1 cm³/mol. The van der Waals surface area contributed by atoms with Gasteiger partial charge in [0.15, 0.2) is 5.78 Å². The van der Waals surface area contributed by atoms with Crippen LogP contribution in [0.2, 0.25) is 0 Å². The summed E-state index contributed by atoms with van der Waals surface area (Å²) < 4.78 is 4.58. The Balaban J connectivity index is 2.54. The molecule has 0 fully saturated rings. The van der Waals surface area contributed by atoms with Crippen LogP contribution in [0.3, 0.4) is 0 Å². The van der Waals surface area contributed by atoms with Crippen molar-refractivity contribution in [2.45, 2.75) is 18.9 Å². The lowest BCUT2D eigenvalue weighted by Gasteiger charge is -2.30. The van der Waals surface area contributed by atoms with Crippen LogP contribution in [-0.2, 0) is 15.1 Å². The fraction of sp³-hybridized carbons (Fsp3) is 0.286. The quantitative estimate of drug-likeness (QED) is 0.805. The molecule has 0 aliphatic heterocycles. The third kappa shape index (κ3) is 1.95. The van der Waals surface area contributed by atoms with Gasteiger partial charge in [0, 0.05) is 5.56 Å². The minimum atomic E-state index is -1.47. The number of esters is 1. The zero-order valence-corrected chi connectivity index (χ0v) is 10.3. The van der Waals surface area contributed by atoms with Gasteiger partial charge in [-0.15, -0.1) is 0 Å². The maximum atomic E-state index is 12.0. The van der Waals surface area contributed by atoms with Crippen molar-refractivity contribution in [3.63, 3.8) is 0 Å². The van der Waals surface area contributed by atoms with Crippen LogP contribution in [-0.4, -0.2) is 24.0 Å². The van der Waals surface area contributed by atoms with Crippen LogP contribution in [0.1, 0.15) is 29.3 Å². The van der Waals surface area contributed by atoms with E-state index in [2.05, 4.69) is 4.74 Å². The van der Waals surface area contributed by atoms with E-state index in [1.165, 1.54) is 13.2 Å². The van der Waals surface area contributed by atoms with E-state index in [1.807, 2.05) is 0 Å². The summed E-state index contributed by atoms with van der Waals surface area (Å²) in [5, 5.41) is 10.6. The fourth-order valence-electron chi connectivity index (χ4n) is 2.21. The van der Waals surface area contributed by atoms with Crippen LogP contribution in [0.25, 0.3) is 0 Å². The van der Waals surface area contributed by atoms with Crippen molar-refractivity contribution in [1.82, 2.24) is 0 Å². The van der Waals surface area contributed by atoms with Crippen molar-refractivity contribution in [2.75, 3.05) is 7.11 Å². The third-order valence-electron chi connectivity index (χ3n) is 3.09. The third-order valence-corrected chi connectivity index (χ3v) is 3.09. The van der Waals surface area contributed by atoms with Gasteiger partial charge in [-0.1, -0.05) is 24.3 Å². The second-order valence-corrected chi connectivity index (χ2v) is 4.38. The molecule has 1 N–H and O–H groups in total. The standard InChI is InChI=1S/C14H14O4/c1-9-7-14(17,8-12(15)18-2)11-6-4-3-5-10(11)13(9)16/h3-7,17H,8H2,1-2H3/t14-/m0/s1. The Morgan fingerprint density at radius 1 is 1.39 bits per heavy atom. The van der Waals surface area contributed by atoms with Gasteiger partial charge in [-0.3, -0.25) is 9.59 Å². The molecule has 18 heavy (non-hydrogen) atoms. The van der Waals surface area contributed by atoms with E-state index in [0.717, 1.165) is 0 Å². The smallest absolute Gasteiger partial charge is 0.309 e. The van der Waals surface area contributed by atoms with E-state index in [9.17, 15) is 14.7 Å². The van der Waals surface area contributed by atoms with Crippen molar-refractivity contribution < 1.29 is 19.4 Å². The van der Waals surface area contributed by atoms with Crippen LogP contribution in [0.4, 0.5) is 0 Å². The first-order valence-electron chi connectivity index (χ1n) is 5.61. The van der Waals surface area contributed by atoms with Gasteiger partial charge in [-0.25, -0.2) is 0 Å². The largest absolute Gasteiger partial charge is 0.469 e. The number of carbonyl (C=O) groups excluding carboxylic acids is 2. The van der Waals surface area contributed by atoms with Crippen LogP contribution < -0.4 is 0 Å². The molecule has 0 radical (unpaired) electrons. The van der Waals surface area contributed by atoms with Crippen molar-refractivity contribution in [1.29, 1.82) is 0 Å². The van der Waals surface area contributed by atoms with Gasteiger partial charge < -0.3 is 9.84 Å². The molecule has 1 aliphatic rings. The molecular formula is C14H14O4. The van der Waals surface area contributed by atoms with Crippen LogP contribution >= 0.6 is 0 Å². The van der Waals surface area contributed by atoms with Crippen LogP contribution in [0, 0.1) is 0 Å². The Bertz CT molecular complexity index is 544. The number of Topliss-reactive ketones (excluding diaryl/α,β-unsaturated/α-hetero) is 1. The van der Waals surface area contributed by atoms with Gasteiger partial charge in [0.25, 0.3) is 0 Å². The minimum absolute atomic E-state index is 0.125. The molecule has 4 nitrogen and oxygen atoms in total. The number of hydrogen-bond acceptors (Lipinski definition) is 4. The highest BCUT2D eigenvalue weighted by atomic mass is 16.5. The molecule has 0 amide bonds. The van der Waals surface area contributed by atoms with Crippen molar-refractivity contribution in [3.8, 4) is 0 Å². The molecule has 1 aromatic carbocycles. The van der Waals surface area contributed by atoms with Crippen molar-refractivity contribution in [3.05, 3.63) is 47.0 Å². The lowest BCUT2D eigenvalue weighted by atomic mass is 9.78. The number of fused-ring (bicyclic) bond motifs is 1. The van der Waals surface area contributed by atoms with Gasteiger partial charge in [-0.2, -0.15) is 0 Å². The first-order chi connectivity index (χ1) is 8.48. The van der Waals surface area contributed by atoms with Gasteiger partial charge in [-0.05, 0) is 24.1 Å². The van der Waals surface area contributed by atoms with Gasteiger partial charge in [0.05, 0.1) is 13.5 Å². The molecule has 0 bridgehead atoms. The van der Waals surface area contributed by atoms with E-state index < -0.39 is 11.6 Å². The molecule has 0 saturated carbocycles. The Morgan fingerprint density at radius 2 is 2.06 bits per heavy atom. The number of methoxy groups -OCH3 is 1. The van der Waals surface area contributed by atoms with E-state index in [-0.39, 0.29) is 12.2 Å². The molecule has 94 valence electrons. The van der Waals surface area contributed by atoms with E-state index in [0.29, 0.717) is 16.7 Å². The van der Waals surface area contributed by atoms with Gasteiger partial charge >= 0.3 is 5.97 Å². The average molecular weight is 246 g/mol. The van der Waals surface area contributed by atoms with E-state index >= 15 is 0 Å². The van der Waals surface area contributed by atoms with Crippen LogP contribution in [0.15, 0.2) is 35.9 Å². The summed E-state index contributed by atoms with van der Waals surface area (Å²) in [5.41, 5.74) is -0.156. The second kappa shape index (κ2) is 4.38.